The lowest BCUT2D eigenvalue weighted by atomic mass is 9.95. The van der Waals surface area contributed by atoms with Crippen molar-refractivity contribution in [2.45, 2.75) is 32.1 Å². The molecule has 2 bridgehead atoms. The summed E-state index contributed by atoms with van der Waals surface area (Å²) in [4.78, 5) is 26.3. The number of amides is 2. The molecule has 1 saturated heterocycles. The number of carbonyl (C=O) groups excluding carboxylic acids is 2. The maximum Gasteiger partial charge on any atom is 0.236 e. The van der Waals surface area contributed by atoms with Gasteiger partial charge in [0.25, 0.3) is 0 Å². The largest absolute Gasteiger partial charge is 0.385 e. The van der Waals surface area contributed by atoms with Gasteiger partial charge in [-0.15, -0.1) is 0 Å². The van der Waals surface area contributed by atoms with Gasteiger partial charge in [0.15, 0.2) is 0 Å². The standard InChI is InChI=1S/C16H18N2O2/c19-15-11-3-4-12(8-11)16(20)18(15)13-5-6-14-10(9-13)2-1-7-17-14/h5-6,9,11-12,17H,1-4,7-8H2. The van der Waals surface area contributed by atoms with Crippen molar-refractivity contribution < 1.29 is 9.59 Å². The van der Waals surface area contributed by atoms with Crippen LogP contribution in [0.25, 0.3) is 0 Å². The van der Waals surface area contributed by atoms with Crippen LogP contribution in [0.5, 0.6) is 0 Å². The smallest absolute Gasteiger partial charge is 0.236 e. The number of aryl methyl sites for hydroxylation is 1. The van der Waals surface area contributed by atoms with Gasteiger partial charge in [-0.3, -0.25) is 14.5 Å². The molecule has 20 heavy (non-hydrogen) atoms. The summed E-state index contributed by atoms with van der Waals surface area (Å²) in [6, 6.07) is 5.92. The van der Waals surface area contributed by atoms with Gasteiger partial charge in [0.2, 0.25) is 11.8 Å². The number of nitrogens with one attached hydrogen (secondary N) is 1. The molecule has 1 aliphatic carbocycles. The number of imide groups is 1. The maximum absolute atomic E-state index is 12.5. The lowest BCUT2D eigenvalue weighted by Gasteiger charge is -2.30. The van der Waals surface area contributed by atoms with E-state index in [9.17, 15) is 9.59 Å². The summed E-state index contributed by atoms with van der Waals surface area (Å²) in [5, 5.41) is 3.36. The number of hydrogen-bond donors (Lipinski definition) is 1. The summed E-state index contributed by atoms with van der Waals surface area (Å²) < 4.78 is 0. The normalized spacial score (nSPS) is 28.3. The Bertz CT molecular complexity index is 574. The summed E-state index contributed by atoms with van der Waals surface area (Å²) in [6.45, 7) is 0.998. The van der Waals surface area contributed by atoms with Gasteiger partial charge in [-0.2, -0.15) is 0 Å². The highest BCUT2D eigenvalue weighted by Crippen LogP contribution is 2.40. The van der Waals surface area contributed by atoms with Crippen LogP contribution in [-0.4, -0.2) is 18.4 Å². The van der Waals surface area contributed by atoms with Crippen molar-refractivity contribution in [3.63, 3.8) is 0 Å². The number of carbonyl (C=O) groups is 2. The number of piperidine rings is 1. The molecule has 2 aliphatic heterocycles. The zero-order valence-electron chi connectivity index (χ0n) is 11.4. The molecule has 0 spiro atoms. The number of fused-ring (bicyclic) bond motifs is 3. The number of rotatable bonds is 1. The summed E-state index contributed by atoms with van der Waals surface area (Å²) in [7, 11) is 0. The Morgan fingerprint density at radius 1 is 1.10 bits per heavy atom. The number of nitrogens with zero attached hydrogens (tertiary/aromatic N) is 1. The van der Waals surface area contributed by atoms with E-state index >= 15 is 0 Å². The number of anilines is 2. The summed E-state index contributed by atoms with van der Waals surface area (Å²) in [5.41, 5.74) is 3.12. The fourth-order valence-corrected chi connectivity index (χ4v) is 3.76. The molecule has 1 N–H and O–H groups in total. The monoisotopic (exact) mass is 270 g/mol. The first-order chi connectivity index (χ1) is 9.74. The Hall–Kier alpha value is -1.84. The lowest BCUT2D eigenvalue weighted by molar-refractivity contribution is -0.132. The molecule has 2 heterocycles. The molecule has 2 unspecified atom stereocenters. The molecule has 0 aromatic heterocycles. The first kappa shape index (κ1) is 11.9. The topological polar surface area (TPSA) is 49.4 Å². The van der Waals surface area contributed by atoms with Crippen molar-refractivity contribution >= 4 is 23.2 Å². The lowest BCUT2D eigenvalue weighted by Crippen LogP contribution is -2.46. The highest BCUT2D eigenvalue weighted by Gasteiger charge is 2.45. The molecule has 3 aliphatic rings. The molecular weight excluding hydrogens is 252 g/mol. The molecule has 2 atom stereocenters. The van der Waals surface area contributed by atoms with E-state index in [-0.39, 0.29) is 23.7 Å². The van der Waals surface area contributed by atoms with Crippen molar-refractivity contribution in [1.29, 1.82) is 0 Å². The van der Waals surface area contributed by atoms with Crippen LogP contribution < -0.4 is 10.2 Å². The summed E-state index contributed by atoms with van der Waals surface area (Å²) in [5.74, 6) is 0.138. The summed E-state index contributed by atoms with van der Waals surface area (Å²) >= 11 is 0. The van der Waals surface area contributed by atoms with E-state index in [2.05, 4.69) is 5.32 Å². The average molecular weight is 270 g/mol. The average Bonchev–Trinajstić information content (AvgIpc) is 2.92. The van der Waals surface area contributed by atoms with Gasteiger partial charge >= 0.3 is 0 Å². The Balaban J connectivity index is 1.73. The van der Waals surface area contributed by atoms with Gasteiger partial charge in [-0.05, 0) is 55.9 Å². The minimum atomic E-state index is 0.00692. The van der Waals surface area contributed by atoms with E-state index in [4.69, 9.17) is 0 Å². The van der Waals surface area contributed by atoms with Gasteiger partial charge in [0, 0.05) is 24.1 Å². The Labute approximate surface area is 118 Å². The van der Waals surface area contributed by atoms with E-state index in [1.54, 1.807) is 0 Å². The Morgan fingerprint density at radius 3 is 2.60 bits per heavy atom. The van der Waals surface area contributed by atoms with E-state index in [0.717, 1.165) is 50.0 Å². The van der Waals surface area contributed by atoms with Gasteiger partial charge in [-0.1, -0.05) is 0 Å². The third-order valence-corrected chi connectivity index (χ3v) is 4.86. The second-order valence-corrected chi connectivity index (χ2v) is 6.09. The van der Waals surface area contributed by atoms with Crippen molar-refractivity contribution in [2.24, 2.45) is 11.8 Å². The van der Waals surface area contributed by atoms with Crippen molar-refractivity contribution in [3.05, 3.63) is 23.8 Å². The Morgan fingerprint density at radius 2 is 1.85 bits per heavy atom. The molecule has 104 valence electrons. The SMILES string of the molecule is O=C1C2CCC(C2)C(=O)N1c1ccc2c(c1)CCCN2. The molecule has 4 nitrogen and oxygen atoms in total. The van der Waals surface area contributed by atoms with Crippen LogP contribution in [0, 0.1) is 11.8 Å². The molecule has 1 aromatic carbocycles. The van der Waals surface area contributed by atoms with E-state index in [0.29, 0.717) is 0 Å². The highest BCUT2D eigenvalue weighted by molar-refractivity contribution is 6.18. The van der Waals surface area contributed by atoms with Gasteiger partial charge < -0.3 is 5.32 Å². The minimum absolute atomic E-state index is 0.00692. The second kappa shape index (κ2) is 4.33. The van der Waals surface area contributed by atoms with Gasteiger partial charge in [-0.25, -0.2) is 0 Å². The predicted octanol–water partition coefficient (Wildman–Crippen LogP) is 2.33. The quantitative estimate of drug-likeness (QED) is 0.797. The molecular formula is C16H18N2O2. The first-order valence-corrected chi connectivity index (χ1v) is 7.48. The van der Waals surface area contributed by atoms with E-state index < -0.39 is 0 Å². The molecule has 4 heteroatoms. The molecule has 2 amide bonds. The zero-order valence-corrected chi connectivity index (χ0v) is 11.4. The van der Waals surface area contributed by atoms with Crippen LogP contribution >= 0.6 is 0 Å². The predicted molar refractivity (Wildman–Crippen MR) is 76.6 cm³/mol. The Kier molecular flexibility index (Phi) is 2.59. The molecule has 0 radical (unpaired) electrons. The van der Waals surface area contributed by atoms with E-state index in [1.165, 1.54) is 10.5 Å². The van der Waals surface area contributed by atoms with Crippen LogP contribution in [0.2, 0.25) is 0 Å². The molecule has 4 rings (SSSR count). The third-order valence-electron chi connectivity index (χ3n) is 4.86. The van der Waals surface area contributed by atoms with Crippen LogP contribution in [0.15, 0.2) is 18.2 Å². The zero-order chi connectivity index (χ0) is 13.7. The second-order valence-electron chi connectivity index (χ2n) is 6.09. The third kappa shape index (κ3) is 1.67. The van der Waals surface area contributed by atoms with Crippen molar-refractivity contribution in [3.8, 4) is 0 Å². The fraction of sp³-hybridized carbons (Fsp3) is 0.500. The maximum atomic E-state index is 12.5. The number of hydrogen-bond acceptors (Lipinski definition) is 3. The van der Waals surface area contributed by atoms with Crippen LogP contribution in [-0.2, 0) is 16.0 Å². The van der Waals surface area contributed by atoms with Gasteiger partial charge in [0.1, 0.15) is 0 Å². The van der Waals surface area contributed by atoms with Crippen LogP contribution in [0.1, 0.15) is 31.2 Å². The highest BCUT2D eigenvalue weighted by atomic mass is 16.2. The summed E-state index contributed by atoms with van der Waals surface area (Å²) in [6.07, 6.45) is 4.62. The number of benzene rings is 1. The van der Waals surface area contributed by atoms with Crippen LogP contribution in [0.4, 0.5) is 11.4 Å². The van der Waals surface area contributed by atoms with Crippen molar-refractivity contribution in [2.75, 3.05) is 16.8 Å². The van der Waals surface area contributed by atoms with Crippen LogP contribution in [0.3, 0.4) is 0 Å². The first-order valence-electron chi connectivity index (χ1n) is 7.48. The molecule has 1 saturated carbocycles. The molecule has 2 fully saturated rings. The molecule has 1 aromatic rings. The van der Waals surface area contributed by atoms with E-state index in [1.807, 2.05) is 18.2 Å². The van der Waals surface area contributed by atoms with Gasteiger partial charge in [0.05, 0.1) is 5.69 Å². The van der Waals surface area contributed by atoms with Crippen molar-refractivity contribution in [1.82, 2.24) is 0 Å². The minimum Gasteiger partial charge on any atom is -0.385 e. The fourth-order valence-electron chi connectivity index (χ4n) is 3.76.